The third kappa shape index (κ3) is 3.96. The third-order valence-corrected chi connectivity index (χ3v) is 4.93. The van der Waals surface area contributed by atoms with E-state index in [1.807, 2.05) is 73.3 Å². The maximum atomic E-state index is 12.4. The number of benzene rings is 2. The molecule has 1 aromatic heterocycles. The van der Waals surface area contributed by atoms with Crippen molar-refractivity contribution in [3.8, 4) is 5.75 Å². The Morgan fingerprint density at radius 2 is 2.08 bits per heavy atom. The molecule has 134 valence electrons. The highest BCUT2D eigenvalue weighted by atomic mass is 79.9. The van der Waals surface area contributed by atoms with E-state index < -0.39 is 6.10 Å². The van der Waals surface area contributed by atoms with Crippen molar-refractivity contribution in [1.29, 1.82) is 0 Å². The van der Waals surface area contributed by atoms with Crippen molar-refractivity contribution in [2.45, 2.75) is 19.4 Å². The molecule has 3 aromatic rings. The second-order valence-corrected chi connectivity index (χ2v) is 6.68. The number of hydrazone groups is 1. The molecule has 0 saturated carbocycles. The van der Waals surface area contributed by atoms with Crippen LogP contribution in [0.4, 0.5) is 0 Å². The fourth-order valence-electron chi connectivity index (χ4n) is 2.62. The molecule has 6 heteroatoms. The number of hydrogen-bond donors (Lipinski definition) is 1. The quantitative estimate of drug-likeness (QED) is 0.485. The van der Waals surface area contributed by atoms with Crippen LogP contribution < -0.4 is 10.2 Å². The first-order valence-electron chi connectivity index (χ1n) is 8.38. The van der Waals surface area contributed by atoms with Gasteiger partial charge in [0.05, 0.1) is 16.4 Å². The van der Waals surface area contributed by atoms with Crippen molar-refractivity contribution in [1.82, 2.24) is 9.99 Å². The van der Waals surface area contributed by atoms with Gasteiger partial charge >= 0.3 is 0 Å². The van der Waals surface area contributed by atoms with Gasteiger partial charge in [0.15, 0.2) is 6.10 Å². The van der Waals surface area contributed by atoms with Crippen LogP contribution in [0.1, 0.15) is 19.0 Å². The summed E-state index contributed by atoms with van der Waals surface area (Å²) in [7, 11) is 1.92. The number of aryl methyl sites for hydroxylation is 1. The van der Waals surface area contributed by atoms with E-state index in [1.165, 1.54) is 0 Å². The van der Waals surface area contributed by atoms with E-state index >= 15 is 0 Å². The summed E-state index contributed by atoms with van der Waals surface area (Å²) in [6.45, 7) is 1.90. The first-order chi connectivity index (χ1) is 12.6. The molecule has 1 heterocycles. The van der Waals surface area contributed by atoms with E-state index in [2.05, 4.69) is 26.5 Å². The van der Waals surface area contributed by atoms with Gasteiger partial charge in [-0.05, 0) is 51.3 Å². The van der Waals surface area contributed by atoms with Crippen LogP contribution in [-0.2, 0) is 11.8 Å². The number of nitrogens with one attached hydrogen (secondary N) is 1. The zero-order chi connectivity index (χ0) is 18.5. The van der Waals surface area contributed by atoms with Crippen LogP contribution in [0.5, 0.6) is 5.75 Å². The highest BCUT2D eigenvalue weighted by molar-refractivity contribution is 9.10. The highest BCUT2D eigenvalue weighted by Crippen LogP contribution is 2.33. The van der Waals surface area contributed by atoms with Crippen molar-refractivity contribution in [3.63, 3.8) is 0 Å². The number of nitrogens with zero attached hydrogens (tertiary/aromatic N) is 2. The second-order valence-electron chi connectivity index (χ2n) is 5.89. The largest absolute Gasteiger partial charge is 0.479 e. The molecule has 1 amide bonds. The minimum Gasteiger partial charge on any atom is -0.479 e. The Morgan fingerprint density at radius 3 is 2.81 bits per heavy atom. The predicted molar refractivity (Wildman–Crippen MR) is 108 cm³/mol. The number of ether oxygens (including phenoxy) is 1. The molecule has 26 heavy (non-hydrogen) atoms. The van der Waals surface area contributed by atoms with E-state index in [0.717, 1.165) is 20.9 Å². The van der Waals surface area contributed by atoms with E-state index in [9.17, 15) is 4.79 Å². The third-order valence-electron chi connectivity index (χ3n) is 4.12. The summed E-state index contributed by atoms with van der Waals surface area (Å²) in [5.74, 6) is 0.357. The van der Waals surface area contributed by atoms with Crippen LogP contribution in [0.2, 0.25) is 0 Å². The van der Waals surface area contributed by atoms with Crippen LogP contribution >= 0.6 is 15.9 Å². The van der Waals surface area contributed by atoms with Gasteiger partial charge in [-0.3, -0.25) is 4.79 Å². The molecule has 0 radical (unpaired) electrons. The van der Waals surface area contributed by atoms with Crippen LogP contribution in [0.25, 0.3) is 10.8 Å². The first kappa shape index (κ1) is 18.2. The standard InChI is InChI=1S/C20H20BrN3O2/c1-3-17(20(25)23-22-13-15-8-6-12-24(15)2)26-18-11-10-14-7-4-5-9-16(14)19(18)21/h4-13,17H,3H2,1-2H3,(H,23,25)/b22-13-/t17-/m1/s1. The summed E-state index contributed by atoms with van der Waals surface area (Å²) in [5, 5.41) is 6.17. The minimum absolute atomic E-state index is 0.280. The number of fused-ring (bicyclic) bond motifs is 1. The van der Waals surface area contributed by atoms with Gasteiger partial charge in [-0.2, -0.15) is 5.10 Å². The number of carbonyl (C=O) groups excluding carboxylic acids is 1. The lowest BCUT2D eigenvalue weighted by Gasteiger charge is -2.17. The number of aromatic nitrogens is 1. The van der Waals surface area contributed by atoms with Gasteiger partial charge in [0, 0.05) is 13.2 Å². The SMILES string of the molecule is CC[C@@H](Oc1ccc2ccccc2c1Br)C(=O)N/N=C\c1cccn1C. The van der Waals surface area contributed by atoms with Crippen molar-refractivity contribution >= 4 is 38.8 Å². The molecule has 0 aliphatic carbocycles. The van der Waals surface area contributed by atoms with Gasteiger partial charge in [-0.1, -0.05) is 37.3 Å². The number of rotatable bonds is 6. The van der Waals surface area contributed by atoms with Crippen LogP contribution in [-0.4, -0.2) is 22.8 Å². The van der Waals surface area contributed by atoms with Gasteiger partial charge in [0.2, 0.25) is 0 Å². The molecular weight excluding hydrogens is 394 g/mol. The van der Waals surface area contributed by atoms with Crippen molar-refractivity contribution < 1.29 is 9.53 Å². The molecule has 0 aliphatic heterocycles. The molecule has 0 bridgehead atoms. The fourth-order valence-corrected chi connectivity index (χ4v) is 3.21. The Hall–Kier alpha value is -2.60. The lowest BCUT2D eigenvalue weighted by Crippen LogP contribution is -2.35. The number of hydrogen-bond acceptors (Lipinski definition) is 3. The van der Waals surface area contributed by atoms with E-state index in [-0.39, 0.29) is 5.91 Å². The Balaban J connectivity index is 1.71. The molecule has 2 aromatic carbocycles. The minimum atomic E-state index is -0.627. The number of halogens is 1. The predicted octanol–water partition coefficient (Wildman–Crippen LogP) is 4.25. The van der Waals surface area contributed by atoms with E-state index in [0.29, 0.717) is 12.2 Å². The number of carbonyl (C=O) groups is 1. The van der Waals surface area contributed by atoms with E-state index in [1.54, 1.807) is 6.21 Å². The summed E-state index contributed by atoms with van der Waals surface area (Å²) in [4.78, 5) is 12.4. The van der Waals surface area contributed by atoms with Crippen molar-refractivity contribution in [2.75, 3.05) is 0 Å². The zero-order valence-electron chi connectivity index (χ0n) is 14.6. The summed E-state index contributed by atoms with van der Waals surface area (Å²) in [6.07, 6.45) is 3.43. The Kier molecular flexibility index (Phi) is 5.73. The summed E-state index contributed by atoms with van der Waals surface area (Å²) in [6, 6.07) is 15.7. The van der Waals surface area contributed by atoms with Crippen LogP contribution in [0.3, 0.4) is 0 Å². The molecule has 0 spiro atoms. The smallest absolute Gasteiger partial charge is 0.281 e. The molecule has 3 rings (SSSR count). The van der Waals surface area contributed by atoms with E-state index in [4.69, 9.17) is 4.74 Å². The molecule has 1 atom stereocenters. The summed E-state index contributed by atoms with van der Waals surface area (Å²) >= 11 is 3.59. The van der Waals surface area contributed by atoms with Gasteiger partial charge < -0.3 is 9.30 Å². The van der Waals surface area contributed by atoms with Gasteiger partial charge in [-0.15, -0.1) is 0 Å². The molecule has 5 nitrogen and oxygen atoms in total. The average molecular weight is 414 g/mol. The monoisotopic (exact) mass is 413 g/mol. The zero-order valence-corrected chi connectivity index (χ0v) is 16.2. The molecular formula is C20H20BrN3O2. The molecule has 0 saturated heterocycles. The highest BCUT2D eigenvalue weighted by Gasteiger charge is 2.19. The summed E-state index contributed by atoms with van der Waals surface area (Å²) in [5.41, 5.74) is 3.45. The lowest BCUT2D eigenvalue weighted by atomic mass is 10.1. The molecule has 0 aliphatic rings. The van der Waals surface area contributed by atoms with Gasteiger partial charge in [0.25, 0.3) is 5.91 Å². The molecule has 0 unspecified atom stereocenters. The molecule has 0 fully saturated rings. The first-order valence-corrected chi connectivity index (χ1v) is 9.17. The van der Waals surface area contributed by atoms with Crippen LogP contribution in [0.15, 0.2) is 64.3 Å². The lowest BCUT2D eigenvalue weighted by molar-refractivity contribution is -0.128. The maximum absolute atomic E-state index is 12.4. The van der Waals surface area contributed by atoms with Gasteiger partial charge in [0.1, 0.15) is 5.75 Å². The number of amides is 1. The van der Waals surface area contributed by atoms with Crippen LogP contribution in [0, 0.1) is 0 Å². The second kappa shape index (κ2) is 8.19. The summed E-state index contributed by atoms with van der Waals surface area (Å²) < 4.78 is 8.69. The normalized spacial score (nSPS) is 12.4. The van der Waals surface area contributed by atoms with Crippen molar-refractivity contribution in [2.24, 2.45) is 12.1 Å². The van der Waals surface area contributed by atoms with Crippen molar-refractivity contribution in [3.05, 3.63) is 64.9 Å². The maximum Gasteiger partial charge on any atom is 0.281 e. The average Bonchev–Trinajstić information content (AvgIpc) is 3.06. The Labute approximate surface area is 160 Å². The molecule has 1 N–H and O–H groups in total. The topological polar surface area (TPSA) is 55.6 Å². The Morgan fingerprint density at radius 1 is 1.27 bits per heavy atom. The Bertz CT molecular complexity index is 949. The van der Waals surface area contributed by atoms with Gasteiger partial charge in [-0.25, -0.2) is 5.43 Å². The fraction of sp³-hybridized carbons (Fsp3) is 0.200.